The topological polar surface area (TPSA) is 99.3 Å². The van der Waals surface area contributed by atoms with Gasteiger partial charge in [-0.1, -0.05) is 6.92 Å². The number of carbonyl (C=O) groups is 2. The Morgan fingerprint density at radius 2 is 2.12 bits per heavy atom. The van der Waals surface area contributed by atoms with Crippen molar-refractivity contribution in [3.63, 3.8) is 0 Å². The van der Waals surface area contributed by atoms with E-state index in [0.29, 0.717) is 12.1 Å². The van der Waals surface area contributed by atoms with Crippen LogP contribution < -0.4 is 10.9 Å². The third-order valence-corrected chi connectivity index (χ3v) is 2.37. The van der Waals surface area contributed by atoms with Crippen molar-refractivity contribution in [3.05, 3.63) is 33.2 Å². The molecule has 1 heterocycles. The number of aryl methyl sites for hydroxylation is 2. The summed E-state index contributed by atoms with van der Waals surface area (Å²) in [7, 11) is 0. The molecule has 1 amide bonds. The molecule has 0 spiro atoms. The molecule has 0 aliphatic heterocycles. The van der Waals surface area contributed by atoms with E-state index >= 15 is 0 Å². The number of hydrogen-bond donors (Lipinski definition) is 3. The average molecular weight is 238 g/mol. The van der Waals surface area contributed by atoms with Crippen molar-refractivity contribution in [1.29, 1.82) is 0 Å². The van der Waals surface area contributed by atoms with Crippen molar-refractivity contribution in [2.75, 3.05) is 6.54 Å². The molecule has 0 bridgehead atoms. The molecule has 0 saturated heterocycles. The summed E-state index contributed by atoms with van der Waals surface area (Å²) in [6.45, 7) is 3.15. The lowest BCUT2D eigenvalue weighted by Crippen LogP contribution is -2.33. The van der Waals surface area contributed by atoms with Gasteiger partial charge >= 0.3 is 5.97 Å². The second kappa shape index (κ2) is 5.29. The zero-order chi connectivity index (χ0) is 13.0. The molecule has 17 heavy (non-hydrogen) atoms. The zero-order valence-electron chi connectivity index (χ0n) is 9.66. The maximum absolute atomic E-state index is 11.6. The summed E-state index contributed by atoms with van der Waals surface area (Å²) in [5.41, 5.74) is 0.994. The van der Waals surface area contributed by atoms with Crippen molar-refractivity contribution in [2.45, 2.75) is 20.3 Å². The summed E-state index contributed by atoms with van der Waals surface area (Å²) in [6, 6.07) is 1.49. The highest BCUT2D eigenvalue weighted by Gasteiger charge is 2.13. The Morgan fingerprint density at radius 3 is 2.65 bits per heavy atom. The van der Waals surface area contributed by atoms with Crippen molar-refractivity contribution in [3.8, 4) is 0 Å². The Balaban J connectivity index is 3.01. The number of carbonyl (C=O) groups excluding carboxylic acids is 1. The molecule has 0 unspecified atom stereocenters. The van der Waals surface area contributed by atoms with Crippen LogP contribution >= 0.6 is 0 Å². The van der Waals surface area contributed by atoms with E-state index in [1.54, 1.807) is 6.92 Å². The Morgan fingerprint density at radius 1 is 1.47 bits per heavy atom. The molecule has 0 aliphatic rings. The van der Waals surface area contributed by atoms with Crippen molar-refractivity contribution in [2.24, 2.45) is 0 Å². The fourth-order valence-electron chi connectivity index (χ4n) is 1.45. The van der Waals surface area contributed by atoms with Gasteiger partial charge in [0.25, 0.3) is 11.5 Å². The lowest BCUT2D eigenvalue weighted by Gasteiger charge is -2.06. The van der Waals surface area contributed by atoms with Crippen LogP contribution in [0.1, 0.15) is 28.5 Å². The standard InChI is InChI=1S/C11H14N2O4/c1-3-7-4-8(11(17)13-6(7)2)10(16)12-5-9(14)15/h4H,3,5H2,1-2H3,(H,12,16)(H,13,17)(H,14,15). The predicted molar refractivity (Wildman–Crippen MR) is 61.1 cm³/mol. The van der Waals surface area contributed by atoms with Crippen LogP contribution in [0.25, 0.3) is 0 Å². The van der Waals surface area contributed by atoms with Crippen LogP contribution in [0.3, 0.4) is 0 Å². The normalized spacial score (nSPS) is 10.0. The molecule has 6 heteroatoms. The maximum Gasteiger partial charge on any atom is 0.322 e. The first kappa shape index (κ1) is 13.0. The lowest BCUT2D eigenvalue weighted by atomic mass is 10.1. The smallest absolute Gasteiger partial charge is 0.322 e. The van der Waals surface area contributed by atoms with Gasteiger partial charge in [-0.3, -0.25) is 14.4 Å². The number of rotatable bonds is 4. The molecular formula is C11H14N2O4. The number of H-pyrrole nitrogens is 1. The first-order valence-electron chi connectivity index (χ1n) is 5.18. The summed E-state index contributed by atoms with van der Waals surface area (Å²) in [6.07, 6.45) is 0.682. The third kappa shape index (κ3) is 3.17. The fourth-order valence-corrected chi connectivity index (χ4v) is 1.45. The van der Waals surface area contributed by atoms with E-state index < -0.39 is 24.0 Å². The molecule has 1 aromatic rings. The van der Waals surface area contributed by atoms with E-state index in [2.05, 4.69) is 10.3 Å². The summed E-state index contributed by atoms with van der Waals surface area (Å²) in [5.74, 6) is -1.83. The van der Waals surface area contributed by atoms with Gasteiger partial charge in [-0.25, -0.2) is 0 Å². The van der Waals surface area contributed by atoms with Gasteiger partial charge in [-0.2, -0.15) is 0 Å². The zero-order valence-corrected chi connectivity index (χ0v) is 9.66. The molecule has 0 fully saturated rings. The minimum atomic E-state index is -1.15. The maximum atomic E-state index is 11.6. The van der Waals surface area contributed by atoms with Gasteiger partial charge in [0.05, 0.1) is 0 Å². The minimum absolute atomic E-state index is 0.0614. The van der Waals surface area contributed by atoms with Crippen molar-refractivity contribution in [1.82, 2.24) is 10.3 Å². The van der Waals surface area contributed by atoms with Crippen LogP contribution in [0, 0.1) is 6.92 Å². The number of carboxylic acids is 1. The summed E-state index contributed by atoms with van der Waals surface area (Å²) < 4.78 is 0. The average Bonchev–Trinajstić information content (AvgIpc) is 2.26. The van der Waals surface area contributed by atoms with Crippen LogP contribution in [0.5, 0.6) is 0 Å². The van der Waals surface area contributed by atoms with Crippen LogP contribution in [-0.4, -0.2) is 28.5 Å². The second-order valence-electron chi connectivity index (χ2n) is 3.59. The number of carboxylic acid groups (broad SMARTS) is 1. The second-order valence-corrected chi connectivity index (χ2v) is 3.59. The van der Waals surface area contributed by atoms with Crippen LogP contribution in [0.4, 0.5) is 0 Å². The monoisotopic (exact) mass is 238 g/mol. The van der Waals surface area contributed by atoms with E-state index in [1.807, 2.05) is 6.92 Å². The minimum Gasteiger partial charge on any atom is -0.480 e. The van der Waals surface area contributed by atoms with Crippen LogP contribution in [-0.2, 0) is 11.2 Å². The van der Waals surface area contributed by atoms with E-state index in [1.165, 1.54) is 6.07 Å². The molecule has 0 atom stereocenters. The molecule has 3 N–H and O–H groups in total. The molecule has 0 aliphatic carbocycles. The van der Waals surface area contributed by atoms with Crippen molar-refractivity contribution >= 4 is 11.9 Å². The Bertz CT molecular complexity index is 505. The van der Waals surface area contributed by atoms with Crippen molar-refractivity contribution < 1.29 is 14.7 Å². The van der Waals surface area contributed by atoms with Crippen LogP contribution in [0.2, 0.25) is 0 Å². The molecular weight excluding hydrogens is 224 g/mol. The third-order valence-electron chi connectivity index (χ3n) is 2.37. The Kier molecular flexibility index (Phi) is 4.03. The molecule has 92 valence electrons. The van der Waals surface area contributed by atoms with Gasteiger partial charge in [0.1, 0.15) is 12.1 Å². The van der Waals surface area contributed by atoms with E-state index in [-0.39, 0.29) is 5.56 Å². The highest BCUT2D eigenvalue weighted by Crippen LogP contribution is 2.05. The Hall–Kier alpha value is -2.11. The molecule has 0 saturated carbocycles. The fraction of sp³-hybridized carbons (Fsp3) is 0.364. The summed E-state index contributed by atoms with van der Waals surface area (Å²) >= 11 is 0. The van der Waals surface area contributed by atoms with E-state index in [4.69, 9.17) is 5.11 Å². The van der Waals surface area contributed by atoms with Gasteiger partial charge < -0.3 is 15.4 Å². The van der Waals surface area contributed by atoms with Gasteiger partial charge in [0, 0.05) is 5.69 Å². The number of amides is 1. The van der Waals surface area contributed by atoms with Gasteiger partial charge in [-0.05, 0) is 25.0 Å². The first-order valence-corrected chi connectivity index (χ1v) is 5.18. The molecule has 6 nitrogen and oxygen atoms in total. The lowest BCUT2D eigenvalue weighted by molar-refractivity contribution is -0.135. The summed E-state index contributed by atoms with van der Waals surface area (Å²) in [5, 5.41) is 10.6. The largest absolute Gasteiger partial charge is 0.480 e. The van der Waals surface area contributed by atoms with E-state index in [9.17, 15) is 14.4 Å². The molecule has 0 aromatic carbocycles. The molecule has 1 aromatic heterocycles. The number of nitrogens with one attached hydrogen (secondary N) is 2. The number of aromatic nitrogens is 1. The number of aliphatic carboxylic acids is 1. The Labute approximate surface area is 97.7 Å². The predicted octanol–water partition coefficient (Wildman–Crippen LogP) is 0.0601. The van der Waals surface area contributed by atoms with Gasteiger partial charge in [0.2, 0.25) is 0 Å². The highest BCUT2D eigenvalue weighted by molar-refractivity contribution is 5.95. The van der Waals surface area contributed by atoms with Gasteiger partial charge in [0.15, 0.2) is 0 Å². The quantitative estimate of drug-likeness (QED) is 0.690. The summed E-state index contributed by atoms with van der Waals surface area (Å²) in [4.78, 5) is 35.9. The van der Waals surface area contributed by atoms with Crippen LogP contribution in [0.15, 0.2) is 10.9 Å². The highest BCUT2D eigenvalue weighted by atomic mass is 16.4. The van der Waals surface area contributed by atoms with E-state index in [0.717, 1.165) is 5.56 Å². The molecule has 0 radical (unpaired) electrons. The number of aromatic amines is 1. The molecule has 1 rings (SSSR count). The SMILES string of the molecule is CCc1cc(C(=O)NCC(=O)O)c(=O)[nH]c1C. The first-order chi connectivity index (χ1) is 7.95. The van der Waals surface area contributed by atoms with Gasteiger partial charge in [-0.15, -0.1) is 0 Å². The number of hydrogen-bond acceptors (Lipinski definition) is 3. The number of pyridine rings is 1.